The third kappa shape index (κ3) is 4.82. The fraction of sp³-hybridized carbons (Fsp3) is 0.923. The summed E-state index contributed by atoms with van der Waals surface area (Å²) in [6.45, 7) is 5.62. The van der Waals surface area contributed by atoms with Crippen LogP contribution in [0.1, 0.15) is 39.5 Å². The Balaban J connectivity index is 2.22. The van der Waals surface area contributed by atoms with E-state index in [2.05, 4.69) is 24.0 Å². The lowest BCUT2D eigenvalue weighted by Crippen LogP contribution is -2.38. The van der Waals surface area contributed by atoms with Gasteiger partial charge in [0, 0.05) is 12.6 Å². The molecule has 1 saturated carbocycles. The van der Waals surface area contributed by atoms with E-state index in [9.17, 15) is 0 Å². The van der Waals surface area contributed by atoms with E-state index in [4.69, 9.17) is 15.7 Å². The molecule has 3 unspecified atom stereocenters. The molecule has 1 rings (SSSR count). The number of oxime groups is 1. The molecule has 1 aliphatic carbocycles. The molecule has 3 atom stereocenters. The van der Waals surface area contributed by atoms with Crippen LogP contribution < -0.4 is 5.73 Å². The lowest BCUT2D eigenvalue weighted by molar-refractivity contribution is 0.0672. The highest BCUT2D eigenvalue weighted by atomic mass is 16.5. The van der Waals surface area contributed by atoms with E-state index in [1.165, 1.54) is 25.7 Å². The Kier molecular flexibility index (Phi) is 6.43. The van der Waals surface area contributed by atoms with Crippen LogP contribution in [0.3, 0.4) is 0 Å². The number of likely N-dealkylation sites (N-methyl/N-ethyl adjacent to an activating group) is 1. The Labute approximate surface area is 110 Å². The van der Waals surface area contributed by atoms with Crippen molar-refractivity contribution in [2.24, 2.45) is 16.8 Å². The number of hydrogen-bond acceptors (Lipinski definition) is 4. The van der Waals surface area contributed by atoms with Gasteiger partial charge in [0.1, 0.15) is 6.10 Å². The minimum Gasteiger partial charge on any atom is -0.409 e. The van der Waals surface area contributed by atoms with Crippen LogP contribution >= 0.6 is 0 Å². The Bertz CT molecular complexity index is 271. The number of ether oxygens (including phenoxy) is 1. The molecule has 1 aliphatic rings. The summed E-state index contributed by atoms with van der Waals surface area (Å²) >= 11 is 0. The maximum absolute atomic E-state index is 8.52. The first-order chi connectivity index (χ1) is 8.54. The van der Waals surface area contributed by atoms with Crippen molar-refractivity contribution >= 4 is 5.84 Å². The van der Waals surface area contributed by atoms with Crippen molar-refractivity contribution in [3.63, 3.8) is 0 Å². The molecular weight excluding hydrogens is 230 g/mol. The molecule has 0 radical (unpaired) electrons. The molecule has 0 aliphatic heterocycles. The molecule has 0 heterocycles. The van der Waals surface area contributed by atoms with Gasteiger partial charge in [-0.3, -0.25) is 0 Å². The van der Waals surface area contributed by atoms with E-state index in [1.54, 1.807) is 6.92 Å². The van der Waals surface area contributed by atoms with E-state index in [0.29, 0.717) is 12.6 Å². The first-order valence-electron chi connectivity index (χ1n) is 6.83. The van der Waals surface area contributed by atoms with Crippen LogP contribution in [-0.4, -0.2) is 48.3 Å². The van der Waals surface area contributed by atoms with Crippen LogP contribution in [0.15, 0.2) is 5.16 Å². The molecule has 3 N–H and O–H groups in total. The predicted octanol–water partition coefficient (Wildman–Crippen LogP) is 1.65. The zero-order valence-corrected chi connectivity index (χ0v) is 11.8. The molecule has 0 amide bonds. The summed E-state index contributed by atoms with van der Waals surface area (Å²) in [6.07, 6.45) is 4.94. The van der Waals surface area contributed by atoms with Gasteiger partial charge in [0.25, 0.3) is 0 Å². The highest BCUT2D eigenvalue weighted by Gasteiger charge is 2.22. The van der Waals surface area contributed by atoms with Gasteiger partial charge < -0.3 is 20.6 Å². The van der Waals surface area contributed by atoms with Crippen LogP contribution in [0.4, 0.5) is 0 Å². The van der Waals surface area contributed by atoms with Crippen molar-refractivity contribution in [3.8, 4) is 0 Å². The maximum Gasteiger partial charge on any atom is 0.168 e. The Hall–Kier alpha value is -0.810. The van der Waals surface area contributed by atoms with Gasteiger partial charge >= 0.3 is 0 Å². The highest BCUT2D eigenvalue weighted by molar-refractivity contribution is 5.83. The van der Waals surface area contributed by atoms with Crippen LogP contribution in [-0.2, 0) is 4.74 Å². The molecule has 0 aromatic rings. The molecular formula is C13H27N3O2. The highest BCUT2D eigenvalue weighted by Crippen LogP contribution is 2.26. The van der Waals surface area contributed by atoms with Crippen LogP contribution in [0.5, 0.6) is 0 Å². The zero-order chi connectivity index (χ0) is 13.5. The molecule has 0 aromatic heterocycles. The Morgan fingerprint density at radius 1 is 1.56 bits per heavy atom. The average Bonchev–Trinajstić information content (AvgIpc) is 2.37. The van der Waals surface area contributed by atoms with E-state index in [1.807, 2.05) is 0 Å². The fourth-order valence-electron chi connectivity index (χ4n) is 2.53. The summed E-state index contributed by atoms with van der Waals surface area (Å²) in [5.74, 6) is 0.965. The first-order valence-corrected chi connectivity index (χ1v) is 6.83. The van der Waals surface area contributed by atoms with Crippen LogP contribution in [0.2, 0.25) is 0 Å². The van der Waals surface area contributed by atoms with Gasteiger partial charge in [0.2, 0.25) is 0 Å². The molecule has 5 nitrogen and oxygen atoms in total. The largest absolute Gasteiger partial charge is 0.409 e. The molecule has 0 aromatic carbocycles. The molecule has 18 heavy (non-hydrogen) atoms. The lowest BCUT2D eigenvalue weighted by atomic mass is 9.86. The fourth-order valence-corrected chi connectivity index (χ4v) is 2.53. The predicted molar refractivity (Wildman–Crippen MR) is 72.9 cm³/mol. The molecule has 5 heteroatoms. The monoisotopic (exact) mass is 257 g/mol. The van der Waals surface area contributed by atoms with Gasteiger partial charge in [-0.1, -0.05) is 24.9 Å². The Morgan fingerprint density at radius 3 is 2.89 bits per heavy atom. The zero-order valence-electron chi connectivity index (χ0n) is 11.8. The SMILES string of the molecule is CC1CCCC(N(C)CCOC(C)C(N)=NO)C1. The smallest absolute Gasteiger partial charge is 0.168 e. The minimum absolute atomic E-state index is 0.129. The quantitative estimate of drug-likeness (QED) is 0.328. The molecule has 1 fully saturated rings. The van der Waals surface area contributed by atoms with Gasteiger partial charge in [-0.15, -0.1) is 0 Å². The summed E-state index contributed by atoms with van der Waals surface area (Å²) in [5.41, 5.74) is 5.46. The lowest BCUT2D eigenvalue weighted by Gasteiger charge is -2.34. The van der Waals surface area contributed by atoms with Crippen molar-refractivity contribution < 1.29 is 9.94 Å². The van der Waals surface area contributed by atoms with Crippen molar-refractivity contribution in [1.82, 2.24) is 4.90 Å². The van der Waals surface area contributed by atoms with Crippen molar-refractivity contribution in [1.29, 1.82) is 0 Å². The van der Waals surface area contributed by atoms with Crippen molar-refractivity contribution in [3.05, 3.63) is 0 Å². The minimum atomic E-state index is -0.325. The second-order valence-electron chi connectivity index (χ2n) is 5.44. The number of hydrogen-bond donors (Lipinski definition) is 2. The van der Waals surface area contributed by atoms with E-state index < -0.39 is 0 Å². The summed E-state index contributed by atoms with van der Waals surface area (Å²) in [5, 5.41) is 11.5. The Morgan fingerprint density at radius 2 is 2.28 bits per heavy atom. The summed E-state index contributed by atoms with van der Waals surface area (Å²) in [4.78, 5) is 2.37. The third-order valence-electron chi connectivity index (χ3n) is 3.88. The molecule has 0 spiro atoms. The standard InChI is InChI=1S/C13H27N3O2/c1-10-5-4-6-12(9-10)16(3)7-8-18-11(2)13(14)15-17/h10-12,17H,4-9H2,1-3H3,(H2,14,15). The number of rotatable bonds is 6. The molecule has 106 valence electrons. The van der Waals surface area contributed by atoms with Gasteiger partial charge in [0.15, 0.2) is 5.84 Å². The second-order valence-corrected chi connectivity index (χ2v) is 5.44. The van der Waals surface area contributed by atoms with Crippen LogP contribution in [0, 0.1) is 5.92 Å². The summed E-state index contributed by atoms with van der Waals surface area (Å²) in [6, 6.07) is 0.677. The second kappa shape index (κ2) is 7.59. The van der Waals surface area contributed by atoms with Gasteiger partial charge in [-0.25, -0.2) is 0 Å². The maximum atomic E-state index is 8.52. The molecule has 0 bridgehead atoms. The van der Waals surface area contributed by atoms with Crippen molar-refractivity contribution in [2.75, 3.05) is 20.2 Å². The number of nitrogens with zero attached hydrogens (tertiary/aromatic N) is 2. The summed E-state index contributed by atoms with van der Waals surface area (Å²) in [7, 11) is 2.15. The van der Waals surface area contributed by atoms with Gasteiger partial charge in [-0.2, -0.15) is 0 Å². The number of amidine groups is 1. The topological polar surface area (TPSA) is 71.1 Å². The van der Waals surface area contributed by atoms with E-state index in [0.717, 1.165) is 12.5 Å². The van der Waals surface area contributed by atoms with Gasteiger partial charge in [-0.05, 0) is 32.7 Å². The first kappa shape index (κ1) is 15.2. The normalized spacial score (nSPS) is 27.4. The van der Waals surface area contributed by atoms with E-state index in [-0.39, 0.29) is 11.9 Å². The summed E-state index contributed by atoms with van der Waals surface area (Å²) < 4.78 is 5.53. The third-order valence-corrected chi connectivity index (χ3v) is 3.88. The van der Waals surface area contributed by atoms with Crippen molar-refractivity contribution in [2.45, 2.75) is 51.7 Å². The van der Waals surface area contributed by atoms with Crippen LogP contribution in [0.25, 0.3) is 0 Å². The van der Waals surface area contributed by atoms with E-state index >= 15 is 0 Å². The molecule has 0 saturated heterocycles. The average molecular weight is 257 g/mol. The number of nitrogens with two attached hydrogens (primary N) is 1. The van der Waals surface area contributed by atoms with Gasteiger partial charge in [0.05, 0.1) is 6.61 Å².